The predicted molar refractivity (Wildman–Crippen MR) is 174 cm³/mol. The highest BCUT2D eigenvalue weighted by atomic mass is 31.2. The van der Waals surface area contributed by atoms with Gasteiger partial charge in [-0.2, -0.15) is 0 Å². The van der Waals surface area contributed by atoms with Crippen LogP contribution in [-0.4, -0.2) is 48.1 Å². The van der Waals surface area contributed by atoms with Crippen LogP contribution in [-0.2, 0) is 18.3 Å². The molecule has 9 heteroatoms. The number of phosphoric ester groups is 1. The topological polar surface area (TPSA) is 114 Å². The second-order valence-corrected chi connectivity index (χ2v) is 16.9. The van der Waals surface area contributed by atoms with Gasteiger partial charge >= 0.3 is 13.9 Å². The van der Waals surface area contributed by atoms with Gasteiger partial charge in [0.1, 0.15) is 6.10 Å². The van der Waals surface area contributed by atoms with Gasteiger partial charge in [0, 0.05) is 13.0 Å². The van der Waals surface area contributed by atoms with Gasteiger partial charge in [0.15, 0.2) is 0 Å². The van der Waals surface area contributed by atoms with Gasteiger partial charge in [-0.1, -0.05) is 65.5 Å². The van der Waals surface area contributed by atoms with Crippen LogP contribution in [0.5, 0.6) is 0 Å². The van der Waals surface area contributed by atoms with E-state index in [0.29, 0.717) is 11.8 Å². The van der Waals surface area contributed by atoms with Crippen molar-refractivity contribution in [1.29, 1.82) is 0 Å². The van der Waals surface area contributed by atoms with E-state index < -0.39 is 20.0 Å². The van der Waals surface area contributed by atoms with Crippen LogP contribution in [0.1, 0.15) is 125 Å². The molecule has 5 unspecified atom stereocenters. The number of carbonyl (C=O) groups excluding carboxylic acids is 1. The van der Waals surface area contributed by atoms with Gasteiger partial charge < -0.3 is 20.1 Å². The third-order valence-electron chi connectivity index (χ3n) is 12.3. The summed E-state index contributed by atoms with van der Waals surface area (Å²) < 4.78 is 26.9. The van der Waals surface area contributed by atoms with Crippen LogP contribution in [0.2, 0.25) is 0 Å². The van der Waals surface area contributed by atoms with Crippen LogP contribution in [0, 0.1) is 46.3 Å². The average Bonchev–Trinajstić information content (AvgIpc) is 3.30. The number of hydrogen-bond donors (Lipinski definition) is 3. The van der Waals surface area contributed by atoms with Gasteiger partial charge in [0.05, 0.1) is 19.3 Å². The molecule has 44 heavy (non-hydrogen) atoms. The molecule has 3 saturated carbocycles. The van der Waals surface area contributed by atoms with E-state index in [4.69, 9.17) is 9.26 Å². The smallest absolute Gasteiger partial charge is 0.446 e. The highest BCUT2D eigenvalue weighted by Gasteiger charge is 2.59. The molecule has 0 aromatic carbocycles. The van der Waals surface area contributed by atoms with E-state index >= 15 is 0 Å². The lowest BCUT2D eigenvalue weighted by Crippen LogP contribution is -2.51. The van der Waals surface area contributed by atoms with E-state index in [1.54, 1.807) is 6.92 Å². The van der Waals surface area contributed by atoms with Crippen LogP contribution >= 0.6 is 7.82 Å². The molecule has 1 amide bonds. The number of aliphatic hydroxyl groups is 1. The quantitative estimate of drug-likeness (QED) is 0.122. The summed E-state index contributed by atoms with van der Waals surface area (Å²) in [5.41, 5.74) is 2.21. The van der Waals surface area contributed by atoms with E-state index in [1.165, 1.54) is 56.9 Å². The Morgan fingerprint density at radius 1 is 1.05 bits per heavy atom. The molecule has 0 heterocycles. The normalized spacial score (nSPS) is 35.9. The lowest BCUT2D eigenvalue weighted by molar-refractivity contribution is -0.0581. The molecule has 4 aliphatic carbocycles. The van der Waals surface area contributed by atoms with Gasteiger partial charge in [-0.25, -0.2) is 9.36 Å². The summed E-state index contributed by atoms with van der Waals surface area (Å²) in [5, 5.41) is 12.9. The van der Waals surface area contributed by atoms with Gasteiger partial charge in [-0.3, -0.25) is 9.05 Å². The largest absolute Gasteiger partial charge is 0.472 e. The second kappa shape index (κ2) is 15.3. The molecule has 0 saturated heterocycles. The van der Waals surface area contributed by atoms with Crippen LogP contribution in [0.4, 0.5) is 4.79 Å². The monoisotopic (exact) mass is 639 g/mol. The molecule has 0 aliphatic heterocycles. The SMILES string of the molecule is CCOP(=O)(O)OCCC(O)CCNC(=O)O[C@@H]1CC[C@]2(C)C(=CCC3C2CC[C@]2(C)C3CC[C@H]2[C@@H](C)CCCC(C)C)C1. The second-order valence-electron chi connectivity index (χ2n) is 15.4. The lowest BCUT2D eigenvalue weighted by Gasteiger charge is -2.58. The van der Waals surface area contributed by atoms with Crippen molar-refractivity contribution in [3.05, 3.63) is 11.6 Å². The van der Waals surface area contributed by atoms with Crippen LogP contribution < -0.4 is 5.32 Å². The van der Waals surface area contributed by atoms with Crippen molar-refractivity contribution in [3.8, 4) is 0 Å². The van der Waals surface area contributed by atoms with Gasteiger partial charge in [-0.05, 0) is 111 Å². The number of nitrogens with one attached hydrogen (secondary N) is 1. The summed E-state index contributed by atoms with van der Waals surface area (Å²) in [4.78, 5) is 22.0. The zero-order valence-corrected chi connectivity index (χ0v) is 29.3. The molecule has 0 aromatic heterocycles. The number of fused-ring (bicyclic) bond motifs is 5. The van der Waals surface area contributed by atoms with E-state index in [1.807, 2.05) is 0 Å². The molecule has 0 spiro atoms. The molecular weight excluding hydrogens is 577 g/mol. The Morgan fingerprint density at radius 2 is 1.82 bits per heavy atom. The predicted octanol–water partition coefficient (Wildman–Crippen LogP) is 8.42. The molecule has 0 radical (unpaired) electrons. The number of hydrogen-bond acceptors (Lipinski definition) is 6. The molecule has 254 valence electrons. The summed E-state index contributed by atoms with van der Waals surface area (Å²) in [6, 6.07) is 0. The van der Waals surface area contributed by atoms with E-state index in [2.05, 4.69) is 50.5 Å². The fourth-order valence-corrected chi connectivity index (χ4v) is 10.7. The molecule has 10 atom stereocenters. The minimum atomic E-state index is -4.06. The summed E-state index contributed by atoms with van der Waals surface area (Å²) in [6.45, 7) is 14.2. The van der Waals surface area contributed by atoms with Gasteiger partial charge in [0.2, 0.25) is 0 Å². The number of carbonyl (C=O) groups is 1. The first kappa shape index (κ1) is 35.9. The van der Waals surface area contributed by atoms with Crippen molar-refractivity contribution in [2.45, 2.75) is 137 Å². The molecule has 0 bridgehead atoms. The van der Waals surface area contributed by atoms with Crippen molar-refractivity contribution in [2.24, 2.45) is 46.3 Å². The van der Waals surface area contributed by atoms with Crippen molar-refractivity contribution >= 4 is 13.9 Å². The lowest BCUT2D eigenvalue weighted by atomic mass is 9.47. The number of amides is 1. The standard InChI is InChI=1S/C35H62NO7P/c1-7-41-44(39,40)42-22-18-27(37)17-21-36-33(38)43-28-15-19-34(5)26(23-28)11-12-29-31-14-13-30(25(4)10-8-9-24(2)3)35(31,6)20-16-32(29)34/h11,24-25,27-32,37H,7-10,12-23H2,1-6H3,(H,36,38)(H,39,40)/t25-,27?,28+,29?,30-,31?,32?,34+,35-/m0/s1. The Kier molecular flexibility index (Phi) is 12.5. The van der Waals surface area contributed by atoms with E-state index in [9.17, 15) is 19.4 Å². The van der Waals surface area contributed by atoms with Crippen molar-refractivity contribution < 1.29 is 33.1 Å². The first-order valence-electron chi connectivity index (χ1n) is 17.7. The summed E-state index contributed by atoms with van der Waals surface area (Å²) in [6.07, 6.45) is 15.3. The van der Waals surface area contributed by atoms with Gasteiger partial charge in [-0.15, -0.1) is 0 Å². The fourth-order valence-electron chi connectivity index (χ4n) is 9.94. The Morgan fingerprint density at radius 3 is 2.55 bits per heavy atom. The first-order valence-corrected chi connectivity index (χ1v) is 19.2. The molecular formula is C35H62NO7P. The highest BCUT2D eigenvalue weighted by Crippen LogP contribution is 2.67. The van der Waals surface area contributed by atoms with E-state index in [-0.39, 0.29) is 37.7 Å². The van der Waals surface area contributed by atoms with Crippen LogP contribution in [0.15, 0.2) is 11.6 Å². The number of rotatable bonds is 15. The first-order chi connectivity index (χ1) is 20.8. The Labute approximate surface area is 267 Å². The Hall–Kier alpha value is -0.920. The number of allylic oxidation sites excluding steroid dienone is 1. The van der Waals surface area contributed by atoms with Crippen molar-refractivity contribution in [1.82, 2.24) is 5.32 Å². The average molecular weight is 640 g/mol. The van der Waals surface area contributed by atoms with Gasteiger partial charge in [0.25, 0.3) is 0 Å². The zero-order chi connectivity index (χ0) is 32.1. The number of alkyl carbamates (subject to hydrolysis) is 1. The van der Waals surface area contributed by atoms with Crippen molar-refractivity contribution in [3.63, 3.8) is 0 Å². The Bertz CT molecular complexity index is 1030. The molecule has 4 rings (SSSR count). The third-order valence-corrected chi connectivity index (χ3v) is 13.4. The third kappa shape index (κ3) is 8.51. The minimum Gasteiger partial charge on any atom is -0.446 e. The highest BCUT2D eigenvalue weighted by molar-refractivity contribution is 7.47. The minimum absolute atomic E-state index is 0.0690. The van der Waals surface area contributed by atoms with Crippen LogP contribution in [0.25, 0.3) is 0 Å². The Balaban J connectivity index is 1.23. The molecule has 3 fully saturated rings. The van der Waals surface area contributed by atoms with Crippen molar-refractivity contribution in [2.75, 3.05) is 19.8 Å². The number of phosphoric acid groups is 1. The molecule has 4 aliphatic rings. The molecule has 8 nitrogen and oxygen atoms in total. The fraction of sp³-hybridized carbons (Fsp3) is 0.914. The zero-order valence-electron chi connectivity index (χ0n) is 28.4. The number of ether oxygens (including phenoxy) is 1. The summed E-state index contributed by atoms with van der Waals surface area (Å²) in [7, 11) is -4.06. The molecule has 0 aromatic rings. The van der Waals surface area contributed by atoms with E-state index in [0.717, 1.165) is 54.8 Å². The number of aliphatic hydroxyl groups excluding tert-OH is 1. The maximum atomic E-state index is 12.6. The maximum Gasteiger partial charge on any atom is 0.472 e. The molecule has 3 N–H and O–H groups in total. The summed E-state index contributed by atoms with van der Waals surface area (Å²) in [5.74, 6) is 4.87. The summed E-state index contributed by atoms with van der Waals surface area (Å²) >= 11 is 0. The maximum absolute atomic E-state index is 12.6. The van der Waals surface area contributed by atoms with Crippen LogP contribution in [0.3, 0.4) is 0 Å².